The lowest BCUT2D eigenvalue weighted by molar-refractivity contribution is 1.18. The Kier molecular flexibility index (Phi) is 7.72. The van der Waals surface area contributed by atoms with Crippen molar-refractivity contribution < 1.29 is 0 Å². The van der Waals surface area contributed by atoms with Crippen LogP contribution in [0.3, 0.4) is 0 Å². The predicted molar refractivity (Wildman–Crippen MR) is 254 cm³/mol. The first-order chi connectivity index (χ1) is 29.2. The molecule has 0 bridgehead atoms. The SMILES string of the molecule is Brc1cccc(-c2cc(-c3ccc4c5c6ccccc6ccc5n(-c5ccccc5)c4c3)cc(-c3ccc4c5ccc6ccccc6c5n(-c5ccccc5)c4c3)c2)c1. The Morgan fingerprint density at radius 2 is 0.814 bits per heavy atom. The molecule has 0 radical (unpaired) electrons. The van der Waals surface area contributed by atoms with E-state index in [0.717, 1.165) is 15.8 Å². The molecule has 12 rings (SSSR count). The van der Waals surface area contributed by atoms with Gasteiger partial charge in [-0.15, -0.1) is 0 Å². The van der Waals surface area contributed by atoms with Crippen molar-refractivity contribution in [1.29, 1.82) is 0 Å². The minimum Gasteiger partial charge on any atom is -0.309 e. The molecular formula is C56H35BrN2. The number of benzene rings is 10. The van der Waals surface area contributed by atoms with Crippen molar-refractivity contribution in [2.75, 3.05) is 0 Å². The highest BCUT2D eigenvalue weighted by Crippen LogP contribution is 2.42. The lowest BCUT2D eigenvalue weighted by Crippen LogP contribution is -1.94. The molecule has 0 saturated heterocycles. The second-order valence-electron chi connectivity index (χ2n) is 15.5. The molecule has 3 heteroatoms. The van der Waals surface area contributed by atoms with Crippen molar-refractivity contribution >= 4 is 81.1 Å². The molecule has 2 aromatic heterocycles. The van der Waals surface area contributed by atoms with E-state index in [2.05, 4.69) is 237 Å². The smallest absolute Gasteiger partial charge is 0.0619 e. The minimum absolute atomic E-state index is 1.06. The molecule has 276 valence electrons. The van der Waals surface area contributed by atoms with Gasteiger partial charge in [-0.25, -0.2) is 0 Å². The van der Waals surface area contributed by atoms with Crippen molar-refractivity contribution in [3.05, 3.63) is 217 Å². The Hall–Kier alpha value is -7.20. The molecule has 0 aliphatic carbocycles. The predicted octanol–water partition coefficient (Wildman–Crippen LogP) is 16.0. The Labute approximate surface area is 350 Å². The summed E-state index contributed by atoms with van der Waals surface area (Å²) in [5.74, 6) is 0. The standard InChI is InChI=1S/C56H35BrN2/c57-44-15-11-14-38(33-44)41-30-42(39-23-26-49-50-27-22-37-13-8-10-21-48(37)56(50)59(53(49)34-39)46-18-5-2-6-19-46)32-43(31-41)40-24-28-51-54(35-40)58(45-16-3-1-4-17-45)52-29-25-36-12-7-9-20-47(36)55(51)52/h1-35H. The first-order valence-electron chi connectivity index (χ1n) is 20.1. The van der Waals surface area contributed by atoms with Gasteiger partial charge in [-0.2, -0.15) is 0 Å². The van der Waals surface area contributed by atoms with Gasteiger partial charge in [0.25, 0.3) is 0 Å². The summed E-state index contributed by atoms with van der Waals surface area (Å²) in [5.41, 5.74) is 14.1. The summed E-state index contributed by atoms with van der Waals surface area (Å²) in [4.78, 5) is 0. The van der Waals surface area contributed by atoms with Crippen LogP contribution in [0.1, 0.15) is 0 Å². The zero-order valence-corrected chi connectivity index (χ0v) is 33.6. The van der Waals surface area contributed by atoms with Gasteiger partial charge < -0.3 is 9.13 Å². The second kappa shape index (κ2) is 13.4. The fourth-order valence-corrected chi connectivity index (χ4v) is 9.82. The molecule has 0 atom stereocenters. The Morgan fingerprint density at radius 3 is 1.49 bits per heavy atom. The zero-order valence-electron chi connectivity index (χ0n) is 32.0. The van der Waals surface area contributed by atoms with E-state index in [1.54, 1.807) is 0 Å². The third-order valence-electron chi connectivity index (χ3n) is 12.1. The second-order valence-corrected chi connectivity index (χ2v) is 16.4. The number of hydrogen-bond donors (Lipinski definition) is 0. The van der Waals surface area contributed by atoms with Crippen molar-refractivity contribution in [3.8, 4) is 44.8 Å². The van der Waals surface area contributed by atoms with E-state index in [1.165, 1.54) is 98.5 Å². The molecule has 0 fully saturated rings. The molecule has 2 heterocycles. The van der Waals surface area contributed by atoms with E-state index >= 15 is 0 Å². The van der Waals surface area contributed by atoms with Crippen molar-refractivity contribution in [2.24, 2.45) is 0 Å². The molecule has 0 spiro atoms. The molecule has 0 amide bonds. The normalized spacial score (nSPS) is 11.8. The molecule has 10 aromatic carbocycles. The number of hydrogen-bond acceptors (Lipinski definition) is 0. The van der Waals surface area contributed by atoms with E-state index < -0.39 is 0 Å². The van der Waals surface area contributed by atoms with Crippen LogP contribution in [0.2, 0.25) is 0 Å². The molecule has 2 nitrogen and oxygen atoms in total. The van der Waals surface area contributed by atoms with Gasteiger partial charge in [-0.05, 0) is 122 Å². The molecular weight excluding hydrogens is 781 g/mol. The van der Waals surface area contributed by atoms with Crippen LogP contribution in [-0.2, 0) is 0 Å². The lowest BCUT2D eigenvalue weighted by Gasteiger charge is -2.14. The largest absolute Gasteiger partial charge is 0.309 e. The maximum atomic E-state index is 3.76. The number of aromatic nitrogens is 2. The highest BCUT2D eigenvalue weighted by atomic mass is 79.9. The van der Waals surface area contributed by atoms with Gasteiger partial charge in [0.05, 0.1) is 22.1 Å². The van der Waals surface area contributed by atoms with Crippen LogP contribution in [0.15, 0.2) is 217 Å². The van der Waals surface area contributed by atoms with Gasteiger partial charge in [0.2, 0.25) is 0 Å². The van der Waals surface area contributed by atoms with E-state index in [1.807, 2.05) is 0 Å². The third-order valence-corrected chi connectivity index (χ3v) is 12.6. The van der Waals surface area contributed by atoms with Crippen molar-refractivity contribution in [3.63, 3.8) is 0 Å². The summed E-state index contributed by atoms with van der Waals surface area (Å²) in [6.07, 6.45) is 0. The van der Waals surface area contributed by atoms with E-state index in [0.29, 0.717) is 0 Å². The summed E-state index contributed by atoms with van der Waals surface area (Å²) in [6, 6.07) is 77.8. The van der Waals surface area contributed by atoms with E-state index in [4.69, 9.17) is 0 Å². The number of nitrogens with zero attached hydrogens (tertiary/aromatic N) is 2. The quantitative estimate of drug-likeness (QED) is 0.164. The fourth-order valence-electron chi connectivity index (χ4n) is 9.42. The maximum Gasteiger partial charge on any atom is 0.0619 e. The fraction of sp³-hybridized carbons (Fsp3) is 0. The summed E-state index contributed by atoms with van der Waals surface area (Å²) < 4.78 is 5.94. The third kappa shape index (κ3) is 5.46. The minimum atomic E-state index is 1.06. The molecule has 0 saturated carbocycles. The number of fused-ring (bicyclic) bond motifs is 10. The molecule has 59 heavy (non-hydrogen) atoms. The topological polar surface area (TPSA) is 9.86 Å². The van der Waals surface area contributed by atoms with Crippen LogP contribution in [0.4, 0.5) is 0 Å². The summed E-state index contributed by atoms with van der Waals surface area (Å²) in [7, 11) is 0. The van der Waals surface area contributed by atoms with Crippen LogP contribution in [0.25, 0.3) is 110 Å². The summed E-state index contributed by atoms with van der Waals surface area (Å²) in [6.45, 7) is 0. The molecule has 0 N–H and O–H groups in total. The molecule has 0 aliphatic heterocycles. The molecule has 12 aromatic rings. The number of para-hydroxylation sites is 2. The van der Waals surface area contributed by atoms with Gasteiger partial charge in [0, 0.05) is 42.8 Å². The maximum absolute atomic E-state index is 3.76. The van der Waals surface area contributed by atoms with Gasteiger partial charge >= 0.3 is 0 Å². The van der Waals surface area contributed by atoms with Crippen LogP contribution >= 0.6 is 15.9 Å². The lowest BCUT2D eigenvalue weighted by atomic mass is 9.92. The van der Waals surface area contributed by atoms with Crippen molar-refractivity contribution in [2.45, 2.75) is 0 Å². The summed E-state index contributed by atoms with van der Waals surface area (Å²) >= 11 is 3.76. The zero-order chi connectivity index (χ0) is 39.0. The monoisotopic (exact) mass is 814 g/mol. The first kappa shape index (κ1) is 33.9. The van der Waals surface area contributed by atoms with E-state index in [-0.39, 0.29) is 0 Å². The van der Waals surface area contributed by atoms with Gasteiger partial charge in [0.15, 0.2) is 0 Å². The first-order valence-corrected chi connectivity index (χ1v) is 20.9. The van der Waals surface area contributed by atoms with Gasteiger partial charge in [-0.3, -0.25) is 0 Å². The van der Waals surface area contributed by atoms with Crippen molar-refractivity contribution in [1.82, 2.24) is 9.13 Å². The van der Waals surface area contributed by atoms with Crippen LogP contribution < -0.4 is 0 Å². The molecule has 0 aliphatic rings. The summed E-state index contributed by atoms with van der Waals surface area (Å²) in [5, 5.41) is 10.0. The highest BCUT2D eigenvalue weighted by Gasteiger charge is 2.19. The van der Waals surface area contributed by atoms with Crippen LogP contribution in [0, 0.1) is 0 Å². The van der Waals surface area contributed by atoms with Gasteiger partial charge in [0.1, 0.15) is 0 Å². The molecule has 0 unspecified atom stereocenters. The Balaban J connectivity index is 1.12. The van der Waals surface area contributed by atoms with E-state index in [9.17, 15) is 0 Å². The Bertz CT molecular complexity index is 3580. The average Bonchev–Trinajstić information content (AvgIpc) is 3.82. The highest BCUT2D eigenvalue weighted by molar-refractivity contribution is 9.10. The van der Waals surface area contributed by atoms with Crippen LogP contribution in [0.5, 0.6) is 0 Å². The van der Waals surface area contributed by atoms with Gasteiger partial charge in [-0.1, -0.05) is 155 Å². The number of halogens is 1. The average molecular weight is 816 g/mol. The number of rotatable bonds is 5. The Morgan fingerprint density at radius 1 is 0.288 bits per heavy atom. The van der Waals surface area contributed by atoms with Crippen LogP contribution in [-0.4, -0.2) is 9.13 Å².